The van der Waals surface area contributed by atoms with Crippen molar-refractivity contribution in [1.29, 1.82) is 0 Å². The molecule has 5 aromatic carbocycles. The fourth-order valence-electron chi connectivity index (χ4n) is 4.23. The van der Waals surface area contributed by atoms with E-state index in [4.69, 9.17) is 11.6 Å². The number of hydrogen-bond acceptors (Lipinski definition) is 3. The Morgan fingerprint density at radius 1 is 0.455 bits per heavy atom. The van der Waals surface area contributed by atoms with E-state index in [0.717, 1.165) is 16.5 Å². The van der Waals surface area contributed by atoms with Gasteiger partial charge in [-0.2, -0.15) is 9.97 Å². The first-order chi connectivity index (χ1) is 16.2. The summed E-state index contributed by atoms with van der Waals surface area (Å²) in [5.41, 5.74) is 4.20. The van der Waals surface area contributed by atoms with Crippen LogP contribution in [0.25, 0.3) is 55.4 Å². The average molecular weight is 444 g/mol. The van der Waals surface area contributed by atoms with Gasteiger partial charge in [-0.3, -0.25) is 0 Å². The summed E-state index contributed by atoms with van der Waals surface area (Å²) < 4.78 is 0. The second kappa shape index (κ2) is 8.12. The molecule has 3 nitrogen and oxygen atoms in total. The molecule has 0 fully saturated rings. The Labute approximate surface area is 196 Å². The maximum absolute atomic E-state index is 6.26. The second-order valence-electron chi connectivity index (χ2n) is 7.92. The van der Waals surface area contributed by atoms with Crippen molar-refractivity contribution < 1.29 is 0 Å². The smallest absolute Gasteiger partial charge is 0.208 e. The van der Waals surface area contributed by atoms with Crippen LogP contribution in [0.1, 0.15) is 0 Å². The van der Waals surface area contributed by atoms with Crippen molar-refractivity contribution in [1.82, 2.24) is 15.0 Å². The predicted molar refractivity (Wildman–Crippen MR) is 136 cm³/mol. The Kier molecular flexibility index (Phi) is 4.82. The van der Waals surface area contributed by atoms with Crippen molar-refractivity contribution >= 4 is 33.1 Å². The highest BCUT2D eigenvalue weighted by Gasteiger charge is 2.11. The molecule has 0 spiro atoms. The summed E-state index contributed by atoms with van der Waals surface area (Å²) in [6.45, 7) is 0. The van der Waals surface area contributed by atoms with Gasteiger partial charge in [0, 0.05) is 11.1 Å². The Balaban J connectivity index is 1.46. The van der Waals surface area contributed by atoms with Crippen LogP contribution in [-0.2, 0) is 0 Å². The van der Waals surface area contributed by atoms with Crippen molar-refractivity contribution in [3.63, 3.8) is 0 Å². The van der Waals surface area contributed by atoms with Crippen molar-refractivity contribution in [2.75, 3.05) is 0 Å². The SMILES string of the molecule is Clc1nc(-c2ccccc2)nc(-c2ccc3c(-c4ccc5ccccc5c4)cccc3c2)n1. The van der Waals surface area contributed by atoms with Gasteiger partial charge in [0.2, 0.25) is 5.28 Å². The number of rotatable bonds is 3. The Morgan fingerprint density at radius 3 is 1.97 bits per heavy atom. The van der Waals surface area contributed by atoms with Crippen LogP contribution in [0.4, 0.5) is 0 Å². The lowest BCUT2D eigenvalue weighted by Crippen LogP contribution is -1.97. The van der Waals surface area contributed by atoms with Gasteiger partial charge in [-0.05, 0) is 56.4 Å². The molecule has 0 radical (unpaired) electrons. The van der Waals surface area contributed by atoms with Crippen LogP contribution >= 0.6 is 11.6 Å². The number of benzene rings is 5. The molecule has 1 heterocycles. The zero-order chi connectivity index (χ0) is 22.2. The molecule has 0 saturated carbocycles. The van der Waals surface area contributed by atoms with E-state index in [1.807, 2.05) is 36.4 Å². The summed E-state index contributed by atoms with van der Waals surface area (Å²) in [5.74, 6) is 1.13. The minimum Gasteiger partial charge on any atom is -0.208 e. The molecule has 1 aromatic heterocycles. The van der Waals surface area contributed by atoms with Gasteiger partial charge < -0.3 is 0 Å². The van der Waals surface area contributed by atoms with E-state index in [0.29, 0.717) is 11.6 Å². The lowest BCUT2D eigenvalue weighted by molar-refractivity contribution is 1.07. The maximum Gasteiger partial charge on any atom is 0.226 e. The van der Waals surface area contributed by atoms with Crippen LogP contribution in [0.2, 0.25) is 5.28 Å². The zero-order valence-electron chi connectivity index (χ0n) is 17.6. The van der Waals surface area contributed by atoms with Crippen LogP contribution in [0.3, 0.4) is 0 Å². The van der Waals surface area contributed by atoms with Gasteiger partial charge in [-0.15, -0.1) is 0 Å². The van der Waals surface area contributed by atoms with Gasteiger partial charge in [0.1, 0.15) is 0 Å². The molecule has 0 aliphatic heterocycles. The molecule has 4 heteroatoms. The molecule has 156 valence electrons. The van der Waals surface area contributed by atoms with Crippen molar-refractivity contribution in [2.45, 2.75) is 0 Å². The van der Waals surface area contributed by atoms with Crippen LogP contribution in [0.5, 0.6) is 0 Å². The van der Waals surface area contributed by atoms with E-state index in [1.165, 1.54) is 27.3 Å². The topological polar surface area (TPSA) is 38.7 Å². The normalized spacial score (nSPS) is 11.2. The molecule has 33 heavy (non-hydrogen) atoms. The standard InChI is InChI=1S/C29H18ClN3/c30-29-32-27(20-8-2-1-3-9-20)31-28(33-29)24-15-16-26-22(18-24)11-6-12-25(26)23-14-13-19-7-4-5-10-21(19)17-23/h1-18H. The van der Waals surface area contributed by atoms with Crippen molar-refractivity contribution in [3.8, 4) is 33.9 Å². The van der Waals surface area contributed by atoms with Crippen LogP contribution in [0, 0.1) is 0 Å². The quantitative estimate of drug-likeness (QED) is 0.279. The van der Waals surface area contributed by atoms with E-state index >= 15 is 0 Å². The van der Waals surface area contributed by atoms with Gasteiger partial charge in [0.25, 0.3) is 0 Å². The summed E-state index contributed by atoms with van der Waals surface area (Å²) in [4.78, 5) is 13.4. The third kappa shape index (κ3) is 3.73. The number of halogens is 1. The van der Waals surface area contributed by atoms with Crippen molar-refractivity contribution in [3.05, 3.63) is 114 Å². The highest BCUT2D eigenvalue weighted by atomic mass is 35.5. The average Bonchev–Trinajstić information content (AvgIpc) is 2.88. The third-order valence-corrected chi connectivity index (χ3v) is 6.01. The van der Waals surface area contributed by atoms with Crippen molar-refractivity contribution in [2.24, 2.45) is 0 Å². The molecular weight excluding hydrogens is 426 g/mol. The second-order valence-corrected chi connectivity index (χ2v) is 8.26. The Bertz CT molecular complexity index is 1630. The molecular formula is C29H18ClN3. The molecule has 6 rings (SSSR count). The fraction of sp³-hybridized carbons (Fsp3) is 0. The van der Waals surface area contributed by atoms with E-state index in [2.05, 4.69) is 87.7 Å². The van der Waals surface area contributed by atoms with Gasteiger partial charge in [0.15, 0.2) is 11.6 Å². The molecule has 0 amide bonds. The van der Waals surface area contributed by atoms with Crippen LogP contribution in [-0.4, -0.2) is 15.0 Å². The molecule has 0 bridgehead atoms. The maximum atomic E-state index is 6.26. The van der Waals surface area contributed by atoms with Gasteiger partial charge in [-0.1, -0.05) is 97.1 Å². The van der Waals surface area contributed by atoms with E-state index in [1.54, 1.807) is 0 Å². The number of nitrogens with zero attached hydrogens (tertiary/aromatic N) is 3. The number of fused-ring (bicyclic) bond motifs is 2. The minimum absolute atomic E-state index is 0.184. The van der Waals surface area contributed by atoms with E-state index in [-0.39, 0.29) is 5.28 Å². The summed E-state index contributed by atoms with van der Waals surface area (Å²) >= 11 is 6.26. The minimum atomic E-state index is 0.184. The summed E-state index contributed by atoms with van der Waals surface area (Å²) in [6, 6.07) is 37.5. The summed E-state index contributed by atoms with van der Waals surface area (Å²) in [7, 11) is 0. The molecule has 0 atom stereocenters. The van der Waals surface area contributed by atoms with Crippen LogP contribution < -0.4 is 0 Å². The third-order valence-electron chi connectivity index (χ3n) is 5.84. The molecule has 6 aromatic rings. The highest BCUT2D eigenvalue weighted by Crippen LogP contribution is 2.33. The first kappa shape index (κ1) is 19.6. The summed E-state index contributed by atoms with van der Waals surface area (Å²) in [6.07, 6.45) is 0. The molecule has 0 saturated heterocycles. The largest absolute Gasteiger partial charge is 0.226 e. The van der Waals surface area contributed by atoms with Gasteiger partial charge >= 0.3 is 0 Å². The summed E-state index contributed by atoms with van der Waals surface area (Å²) in [5, 5.41) is 4.96. The lowest BCUT2D eigenvalue weighted by atomic mass is 9.95. The monoisotopic (exact) mass is 443 g/mol. The van der Waals surface area contributed by atoms with Gasteiger partial charge in [-0.25, -0.2) is 4.98 Å². The fourth-order valence-corrected chi connectivity index (χ4v) is 4.39. The van der Waals surface area contributed by atoms with Gasteiger partial charge in [0.05, 0.1) is 0 Å². The molecule has 0 N–H and O–H groups in total. The predicted octanol–water partition coefficient (Wildman–Crippen LogP) is 7.83. The van der Waals surface area contributed by atoms with E-state index in [9.17, 15) is 0 Å². The van der Waals surface area contributed by atoms with Crippen LogP contribution in [0.15, 0.2) is 109 Å². The highest BCUT2D eigenvalue weighted by molar-refractivity contribution is 6.28. The Morgan fingerprint density at radius 2 is 1.12 bits per heavy atom. The lowest BCUT2D eigenvalue weighted by Gasteiger charge is -2.10. The zero-order valence-corrected chi connectivity index (χ0v) is 18.4. The van der Waals surface area contributed by atoms with E-state index < -0.39 is 0 Å². The number of hydrogen-bond donors (Lipinski definition) is 0. The molecule has 0 unspecified atom stereocenters. The number of aromatic nitrogens is 3. The first-order valence-corrected chi connectivity index (χ1v) is 11.1. The molecule has 0 aliphatic carbocycles. The Hall–Kier alpha value is -4.08. The molecule has 0 aliphatic rings. The first-order valence-electron chi connectivity index (χ1n) is 10.7.